The van der Waals surface area contributed by atoms with Gasteiger partial charge in [0.15, 0.2) is 0 Å². The monoisotopic (exact) mass is 547 g/mol. The van der Waals surface area contributed by atoms with Crippen molar-refractivity contribution in [1.82, 2.24) is 0 Å². The summed E-state index contributed by atoms with van der Waals surface area (Å²) in [6, 6.07) is 30.3. The van der Waals surface area contributed by atoms with Gasteiger partial charge in [-0.25, -0.2) is 0 Å². The van der Waals surface area contributed by atoms with Gasteiger partial charge in [0.1, 0.15) is 0 Å². The van der Waals surface area contributed by atoms with Crippen LogP contribution in [0.4, 0.5) is 54.8 Å². The first-order valence-electron chi connectivity index (χ1n) is 11.9. The maximum Gasteiger partial charge on any atom is 0.393 e. The molecule has 0 unspecified atom stereocenters. The molecule has 9 heteroatoms. The van der Waals surface area contributed by atoms with Gasteiger partial charge >= 0.3 is 12.4 Å². The number of nitrogens with two attached hydrogens (primary N) is 1. The summed E-state index contributed by atoms with van der Waals surface area (Å²) in [6.45, 7) is 4.42. The standard InChI is InChI=1S/C14H13F3N2.C14H15N.C2H3F3/c15-14(16,17)9-10-6-7-13(12(18)8-10)19-11-4-2-1-3-5-11;1-11-8-9-14(12(2)10-11)15-13-6-4-3-5-7-13;1-2(3,4)5/h1-8,19H,9,18H2;3-10,15H,1-2H3;1H3. The number of anilines is 5. The van der Waals surface area contributed by atoms with E-state index in [1.807, 2.05) is 48.5 Å². The molecular weight excluding hydrogens is 516 g/mol. The minimum atomic E-state index is -4.22. The number of halogens is 6. The third-order valence-corrected chi connectivity index (χ3v) is 5.01. The highest BCUT2D eigenvalue weighted by Gasteiger charge is 2.27. The molecule has 208 valence electrons. The molecule has 4 aromatic rings. The van der Waals surface area contributed by atoms with Gasteiger partial charge in [0.05, 0.1) is 17.8 Å². The van der Waals surface area contributed by atoms with E-state index < -0.39 is 18.8 Å². The highest BCUT2D eigenvalue weighted by Crippen LogP contribution is 2.28. The van der Waals surface area contributed by atoms with Crippen molar-refractivity contribution in [2.45, 2.75) is 39.5 Å². The van der Waals surface area contributed by atoms with E-state index in [2.05, 4.69) is 54.8 Å². The summed E-state index contributed by atoms with van der Waals surface area (Å²) in [5.41, 5.74) is 12.5. The molecule has 0 fully saturated rings. The summed E-state index contributed by atoms with van der Waals surface area (Å²) in [6.07, 6.45) is -9.19. The van der Waals surface area contributed by atoms with Crippen LogP contribution in [0.1, 0.15) is 23.6 Å². The molecule has 3 nitrogen and oxygen atoms in total. The molecule has 0 aliphatic carbocycles. The Hall–Kier alpha value is -4.14. The highest BCUT2D eigenvalue weighted by molar-refractivity contribution is 5.73. The quantitative estimate of drug-likeness (QED) is 0.172. The van der Waals surface area contributed by atoms with Gasteiger partial charge in [0.25, 0.3) is 0 Å². The van der Waals surface area contributed by atoms with Crippen LogP contribution < -0.4 is 16.4 Å². The number of hydrogen-bond donors (Lipinski definition) is 3. The van der Waals surface area contributed by atoms with Gasteiger partial charge in [0.2, 0.25) is 0 Å². The topological polar surface area (TPSA) is 50.1 Å². The summed E-state index contributed by atoms with van der Waals surface area (Å²) in [7, 11) is 0. The van der Waals surface area contributed by atoms with Crippen LogP contribution in [0, 0.1) is 13.8 Å². The van der Waals surface area contributed by atoms with Crippen LogP contribution in [0.2, 0.25) is 0 Å². The van der Waals surface area contributed by atoms with E-state index >= 15 is 0 Å². The molecule has 0 saturated carbocycles. The molecule has 0 amide bonds. The lowest BCUT2D eigenvalue weighted by atomic mass is 10.1. The molecule has 0 heterocycles. The number of alkyl halides is 6. The van der Waals surface area contributed by atoms with E-state index in [0.29, 0.717) is 11.4 Å². The number of benzene rings is 4. The Labute approximate surface area is 224 Å². The van der Waals surface area contributed by atoms with Crippen molar-refractivity contribution >= 4 is 28.4 Å². The normalized spacial score (nSPS) is 10.9. The molecule has 39 heavy (non-hydrogen) atoms. The van der Waals surface area contributed by atoms with Gasteiger partial charge in [-0.05, 0) is 67.4 Å². The van der Waals surface area contributed by atoms with E-state index in [4.69, 9.17) is 5.73 Å². The second-order valence-corrected chi connectivity index (χ2v) is 8.80. The minimum Gasteiger partial charge on any atom is -0.397 e. The number of rotatable bonds is 5. The van der Waals surface area contributed by atoms with Gasteiger partial charge in [-0.15, -0.1) is 0 Å². The minimum absolute atomic E-state index is 0.156. The molecule has 0 aliphatic rings. The molecule has 4 N–H and O–H groups in total. The summed E-state index contributed by atoms with van der Waals surface area (Å²) in [5, 5.41) is 6.46. The highest BCUT2D eigenvalue weighted by atomic mass is 19.4. The average molecular weight is 548 g/mol. The maximum absolute atomic E-state index is 12.3. The average Bonchev–Trinajstić information content (AvgIpc) is 2.82. The molecular formula is C30H31F6N3. The number of nitrogens with one attached hydrogen (secondary N) is 2. The molecule has 0 spiro atoms. The van der Waals surface area contributed by atoms with Gasteiger partial charge in [0, 0.05) is 24.0 Å². The second-order valence-electron chi connectivity index (χ2n) is 8.80. The first-order valence-corrected chi connectivity index (χ1v) is 11.9. The van der Waals surface area contributed by atoms with Crippen molar-refractivity contribution in [2.24, 2.45) is 0 Å². The molecule has 0 atom stereocenters. The van der Waals surface area contributed by atoms with Crippen molar-refractivity contribution in [3.63, 3.8) is 0 Å². The fourth-order valence-electron chi connectivity index (χ4n) is 3.38. The van der Waals surface area contributed by atoms with Crippen LogP contribution in [0.3, 0.4) is 0 Å². The fraction of sp³-hybridized carbons (Fsp3) is 0.200. The van der Waals surface area contributed by atoms with Crippen molar-refractivity contribution < 1.29 is 26.3 Å². The van der Waals surface area contributed by atoms with E-state index in [1.165, 1.54) is 28.9 Å². The van der Waals surface area contributed by atoms with Crippen molar-refractivity contribution in [2.75, 3.05) is 16.4 Å². The van der Waals surface area contributed by atoms with Crippen LogP contribution in [0.25, 0.3) is 0 Å². The summed E-state index contributed by atoms with van der Waals surface area (Å²) in [4.78, 5) is 0. The lowest BCUT2D eigenvalue weighted by molar-refractivity contribution is -0.127. The van der Waals surface area contributed by atoms with Gasteiger partial charge in [-0.3, -0.25) is 0 Å². The van der Waals surface area contributed by atoms with E-state index in [1.54, 1.807) is 6.07 Å². The van der Waals surface area contributed by atoms with Gasteiger partial charge < -0.3 is 16.4 Å². The Morgan fingerprint density at radius 1 is 0.641 bits per heavy atom. The lowest BCUT2D eigenvalue weighted by Gasteiger charge is -2.12. The Morgan fingerprint density at radius 3 is 1.54 bits per heavy atom. The SMILES string of the molecule is CC(F)(F)F.Cc1ccc(Nc2ccccc2)c(C)c1.Nc1cc(CC(F)(F)F)ccc1Nc1ccccc1. The van der Waals surface area contributed by atoms with Gasteiger partial charge in [-0.2, -0.15) is 26.3 Å². The third-order valence-electron chi connectivity index (χ3n) is 5.01. The third kappa shape index (κ3) is 13.3. The van der Waals surface area contributed by atoms with Crippen LogP contribution in [0.15, 0.2) is 97.1 Å². The molecule has 0 radical (unpaired) electrons. The van der Waals surface area contributed by atoms with Gasteiger partial charge in [-0.1, -0.05) is 60.2 Å². The number of nitrogen functional groups attached to an aromatic ring is 1. The van der Waals surface area contributed by atoms with Crippen LogP contribution in [0.5, 0.6) is 0 Å². The first kappa shape index (κ1) is 31.1. The first-order chi connectivity index (χ1) is 18.2. The zero-order valence-electron chi connectivity index (χ0n) is 21.8. The van der Waals surface area contributed by atoms with E-state index in [0.717, 1.165) is 11.4 Å². The molecule has 4 rings (SSSR count). The largest absolute Gasteiger partial charge is 0.397 e. The van der Waals surface area contributed by atoms with Crippen LogP contribution in [-0.2, 0) is 6.42 Å². The number of aryl methyl sites for hydroxylation is 2. The van der Waals surface area contributed by atoms with Crippen molar-refractivity contribution in [3.05, 3.63) is 114 Å². The van der Waals surface area contributed by atoms with Crippen molar-refractivity contribution in [1.29, 1.82) is 0 Å². The fourth-order valence-corrected chi connectivity index (χ4v) is 3.38. The molecule has 0 bridgehead atoms. The van der Waals surface area contributed by atoms with Crippen molar-refractivity contribution in [3.8, 4) is 0 Å². The number of hydrogen-bond acceptors (Lipinski definition) is 3. The van der Waals surface area contributed by atoms with Crippen LogP contribution in [-0.4, -0.2) is 12.4 Å². The Kier molecular flexibility index (Phi) is 11.3. The molecule has 4 aromatic carbocycles. The summed E-state index contributed by atoms with van der Waals surface area (Å²) < 4.78 is 67.9. The molecule has 0 saturated heterocycles. The Morgan fingerprint density at radius 2 is 1.10 bits per heavy atom. The summed E-state index contributed by atoms with van der Waals surface area (Å²) >= 11 is 0. The summed E-state index contributed by atoms with van der Waals surface area (Å²) in [5.74, 6) is 0. The predicted octanol–water partition coefficient (Wildman–Crippen LogP) is 9.73. The molecule has 0 aromatic heterocycles. The predicted molar refractivity (Wildman–Crippen MR) is 148 cm³/mol. The molecule has 0 aliphatic heterocycles. The Bertz CT molecular complexity index is 1280. The lowest BCUT2D eigenvalue weighted by Crippen LogP contribution is -2.11. The Balaban J connectivity index is 0.000000238. The number of para-hydroxylation sites is 2. The van der Waals surface area contributed by atoms with Crippen LogP contribution >= 0.6 is 0 Å². The zero-order chi connectivity index (χ0) is 29.1. The van der Waals surface area contributed by atoms with E-state index in [-0.39, 0.29) is 12.5 Å². The second kappa shape index (κ2) is 14.1. The smallest absolute Gasteiger partial charge is 0.393 e. The van der Waals surface area contributed by atoms with E-state index in [9.17, 15) is 26.3 Å². The maximum atomic E-state index is 12.3. The zero-order valence-corrected chi connectivity index (χ0v) is 21.8.